The number of nitrogens with zero attached hydrogens (tertiary/aromatic N) is 1. The summed E-state index contributed by atoms with van der Waals surface area (Å²) in [6, 6.07) is 5.30. The Morgan fingerprint density at radius 2 is 2.04 bits per heavy atom. The molecule has 0 saturated carbocycles. The van der Waals surface area contributed by atoms with Gasteiger partial charge in [-0.15, -0.1) is 0 Å². The molecular weight excluding hydrogens is 326 g/mol. The number of hydrogen-bond acceptors (Lipinski definition) is 6. The van der Waals surface area contributed by atoms with Crippen LogP contribution in [0.3, 0.4) is 0 Å². The average Bonchev–Trinajstić information content (AvgIpc) is 2.89. The van der Waals surface area contributed by atoms with Gasteiger partial charge in [0.15, 0.2) is 6.61 Å². The van der Waals surface area contributed by atoms with Crippen LogP contribution in [0.5, 0.6) is 0 Å². The fraction of sp³-hybridized carbons (Fsp3) is 0.308. The van der Waals surface area contributed by atoms with Crippen molar-refractivity contribution in [3.63, 3.8) is 0 Å². The third kappa shape index (κ3) is 4.42. The van der Waals surface area contributed by atoms with Crippen LogP contribution in [0.2, 0.25) is 0 Å². The van der Waals surface area contributed by atoms with E-state index in [9.17, 15) is 22.8 Å². The van der Waals surface area contributed by atoms with Gasteiger partial charge in [-0.2, -0.15) is 0 Å². The molecule has 3 amide bonds. The van der Waals surface area contributed by atoms with Crippen LogP contribution in [0.25, 0.3) is 0 Å². The summed E-state index contributed by atoms with van der Waals surface area (Å²) in [6.45, 7) is -0.0550. The van der Waals surface area contributed by atoms with Gasteiger partial charge < -0.3 is 10.1 Å². The van der Waals surface area contributed by atoms with Gasteiger partial charge >= 0.3 is 12.0 Å². The first-order valence-electron chi connectivity index (χ1n) is 6.60. The minimum Gasteiger partial charge on any atom is -0.452 e. The summed E-state index contributed by atoms with van der Waals surface area (Å²) in [7, 11) is -3.57. The third-order valence-corrected chi connectivity index (χ3v) is 3.52. The first kappa shape index (κ1) is 16.7. The van der Waals surface area contributed by atoms with E-state index in [1.165, 1.54) is 18.2 Å². The number of esters is 1. The molecule has 1 saturated heterocycles. The Kier molecular flexibility index (Phi) is 4.84. The lowest BCUT2D eigenvalue weighted by Crippen LogP contribution is -2.37. The number of carbonyl (C=O) groups is 3. The van der Waals surface area contributed by atoms with Gasteiger partial charge in [-0.25, -0.2) is 18.0 Å². The molecule has 0 aromatic heterocycles. The fourth-order valence-electron chi connectivity index (χ4n) is 1.94. The number of carbonyl (C=O) groups excluding carboxylic acids is 3. The van der Waals surface area contributed by atoms with E-state index in [-0.39, 0.29) is 17.8 Å². The fourth-order valence-corrected chi connectivity index (χ4v) is 2.52. The normalized spacial score (nSPS) is 14.3. The zero-order chi connectivity index (χ0) is 17.0. The highest BCUT2D eigenvalue weighted by Crippen LogP contribution is 2.17. The Morgan fingerprint density at radius 3 is 2.65 bits per heavy atom. The minimum absolute atomic E-state index is 0.0309. The molecule has 0 bridgehead atoms. The molecule has 9 nitrogen and oxygen atoms in total. The number of amides is 3. The Bertz CT molecular complexity index is 746. The van der Waals surface area contributed by atoms with Gasteiger partial charge in [0.25, 0.3) is 5.91 Å². The van der Waals surface area contributed by atoms with Crippen LogP contribution in [-0.4, -0.2) is 57.2 Å². The van der Waals surface area contributed by atoms with Crippen molar-refractivity contribution < 1.29 is 27.5 Å². The van der Waals surface area contributed by atoms with Crippen molar-refractivity contribution in [2.75, 3.05) is 30.7 Å². The van der Waals surface area contributed by atoms with Crippen molar-refractivity contribution in [3.8, 4) is 0 Å². The summed E-state index contributed by atoms with van der Waals surface area (Å²) in [6.07, 6.45) is 0.949. The number of benzene rings is 1. The van der Waals surface area contributed by atoms with Gasteiger partial charge in [-0.3, -0.25) is 14.4 Å². The highest BCUT2D eigenvalue weighted by molar-refractivity contribution is 7.92. The van der Waals surface area contributed by atoms with E-state index >= 15 is 0 Å². The predicted molar refractivity (Wildman–Crippen MR) is 80.3 cm³/mol. The molecule has 0 radical (unpaired) electrons. The van der Waals surface area contributed by atoms with Crippen molar-refractivity contribution in [2.24, 2.45) is 0 Å². The first-order valence-corrected chi connectivity index (χ1v) is 8.49. The summed E-state index contributed by atoms with van der Waals surface area (Å²) < 4.78 is 29.6. The van der Waals surface area contributed by atoms with Crippen LogP contribution in [0.15, 0.2) is 24.3 Å². The maximum Gasteiger partial charge on any atom is 0.340 e. The monoisotopic (exact) mass is 341 g/mol. The molecule has 1 fully saturated rings. The predicted octanol–water partition coefficient (Wildman–Crippen LogP) is -0.233. The molecule has 0 atom stereocenters. The van der Waals surface area contributed by atoms with E-state index in [2.05, 4.69) is 10.0 Å². The number of nitrogens with one attached hydrogen (secondary N) is 2. The van der Waals surface area contributed by atoms with Crippen molar-refractivity contribution in [3.05, 3.63) is 29.8 Å². The molecule has 10 heteroatoms. The second-order valence-electron chi connectivity index (χ2n) is 4.77. The summed E-state index contributed by atoms with van der Waals surface area (Å²) >= 11 is 0. The highest BCUT2D eigenvalue weighted by atomic mass is 32.2. The molecule has 23 heavy (non-hydrogen) atoms. The number of sulfonamides is 1. The van der Waals surface area contributed by atoms with E-state index in [4.69, 9.17) is 4.74 Å². The van der Waals surface area contributed by atoms with Crippen LogP contribution in [0.1, 0.15) is 10.4 Å². The second-order valence-corrected chi connectivity index (χ2v) is 6.52. The molecule has 0 spiro atoms. The van der Waals surface area contributed by atoms with Gasteiger partial charge in [0, 0.05) is 13.1 Å². The Balaban J connectivity index is 2.04. The Morgan fingerprint density at radius 1 is 1.35 bits per heavy atom. The van der Waals surface area contributed by atoms with Gasteiger partial charge in [-0.1, -0.05) is 12.1 Å². The lowest BCUT2D eigenvalue weighted by molar-refractivity contribution is -0.130. The summed E-state index contributed by atoms with van der Waals surface area (Å²) in [5, 5.41) is 2.45. The number of para-hydroxylation sites is 1. The van der Waals surface area contributed by atoms with Crippen molar-refractivity contribution in [1.29, 1.82) is 0 Å². The number of rotatable bonds is 5. The van der Waals surface area contributed by atoms with Crippen LogP contribution < -0.4 is 10.0 Å². The van der Waals surface area contributed by atoms with Gasteiger partial charge in [0.05, 0.1) is 17.5 Å². The molecule has 1 aliphatic heterocycles. The maximum absolute atomic E-state index is 12.0. The van der Waals surface area contributed by atoms with Crippen LogP contribution in [0.4, 0.5) is 10.5 Å². The second kappa shape index (κ2) is 6.65. The topological polar surface area (TPSA) is 122 Å². The van der Waals surface area contributed by atoms with E-state index in [1.807, 2.05) is 0 Å². The number of urea groups is 1. The van der Waals surface area contributed by atoms with Crippen LogP contribution in [-0.2, 0) is 19.6 Å². The molecule has 2 N–H and O–H groups in total. The largest absolute Gasteiger partial charge is 0.452 e. The molecule has 0 unspecified atom stereocenters. The number of hydrogen-bond donors (Lipinski definition) is 2. The molecule has 2 rings (SSSR count). The van der Waals surface area contributed by atoms with E-state index in [0.29, 0.717) is 6.54 Å². The zero-order valence-electron chi connectivity index (χ0n) is 12.2. The van der Waals surface area contributed by atoms with Crippen molar-refractivity contribution in [2.45, 2.75) is 0 Å². The molecular formula is C13H15N3O6S. The molecule has 1 heterocycles. The number of ether oxygens (including phenoxy) is 1. The first-order chi connectivity index (χ1) is 10.8. The summed E-state index contributed by atoms with van der Waals surface area (Å²) in [5.74, 6) is -1.52. The van der Waals surface area contributed by atoms with Gasteiger partial charge in [0.1, 0.15) is 0 Å². The standard InChI is InChI=1S/C13H15N3O6S/c1-23(20,21)15-10-5-3-2-4-9(10)12(18)22-8-11(17)16-7-6-14-13(16)19/h2-5,15H,6-8H2,1H3,(H,14,19). The van der Waals surface area contributed by atoms with Crippen molar-refractivity contribution >= 4 is 33.6 Å². The SMILES string of the molecule is CS(=O)(=O)Nc1ccccc1C(=O)OCC(=O)N1CCNC1=O. The summed E-state index contributed by atoms with van der Waals surface area (Å²) in [4.78, 5) is 36.1. The van der Waals surface area contributed by atoms with Crippen LogP contribution >= 0.6 is 0 Å². The Labute approximate surface area is 132 Å². The van der Waals surface area contributed by atoms with Crippen LogP contribution in [0, 0.1) is 0 Å². The van der Waals surface area contributed by atoms with E-state index in [1.54, 1.807) is 6.07 Å². The smallest absolute Gasteiger partial charge is 0.340 e. The maximum atomic E-state index is 12.0. The molecule has 124 valence electrons. The average molecular weight is 341 g/mol. The molecule has 0 aliphatic carbocycles. The molecule has 1 aliphatic rings. The van der Waals surface area contributed by atoms with Gasteiger partial charge in [0.2, 0.25) is 10.0 Å². The summed E-state index contributed by atoms with van der Waals surface area (Å²) in [5.41, 5.74) is 0.0166. The zero-order valence-corrected chi connectivity index (χ0v) is 13.1. The minimum atomic E-state index is -3.57. The quantitative estimate of drug-likeness (QED) is 0.713. The van der Waals surface area contributed by atoms with E-state index < -0.39 is 34.5 Å². The van der Waals surface area contributed by atoms with Crippen molar-refractivity contribution in [1.82, 2.24) is 10.2 Å². The lowest BCUT2D eigenvalue weighted by atomic mass is 10.2. The molecule has 1 aromatic rings. The van der Waals surface area contributed by atoms with E-state index in [0.717, 1.165) is 11.2 Å². The third-order valence-electron chi connectivity index (χ3n) is 2.93. The van der Waals surface area contributed by atoms with Gasteiger partial charge in [-0.05, 0) is 12.1 Å². The number of imide groups is 1. The Hall–Kier alpha value is -2.62. The lowest BCUT2D eigenvalue weighted by Gasteiger charge is -2.13. The highest BCUT2D eigenvalue weighted by Gasteiger charge is 2.27. The number of anilines is 1. The molecule has 1 aromatic carbocycles.